The second-order valence-electron chi connectivity index (χ2n) is 10.6. The van der Waals surface area contributed by atoms with Crippen molar-refractivity contribution in [3.63, 3.8) is 0 Å². The van der Waals surface area contributed by atoms with Crippen molar-refractivity contribution in [3.05, 3.63) is 0 Å². The quantitative estimate of drug-likeness (QED) is 0.0554. The summed E-state index contributed by atoms with van der Waals surface area (Å²) in [5, 5.41) is 77.1. The Kier molecular flexibility index (Phi) is 11.9. The van der Waals surface area contributed by atoms with Gasteiger partial charge in [-0.2, -0.15) is 0 Å². The molecule has 18 N–H and O–H groups in total. The SMILES string of the molecule is CN[C@@H]1[C@H](O[C@H]2[C@H](O[C@H]3[C@H](O)[C@@H](OP(=O)(O)O)[C@H](N=C(N)N)[C@@H](O)[C@@H]3N=C(N)N)O[C@@H](C)[C@]2(O)CO)O[C@@H](CO)[C@H](O)[C@H]1O. The lowest BCUT2D eigenvalue weighted by atomic mass is 9.81. The first-order valence-corrected chi connectivity index (χ1v) is 14.8. The van der Waals surface area contributed by atoms with Crippen molar-refractivity contribution < 1.29 is 73.6 Å². The summed E-state index contributed by atoms with van der Waals surface area (Å²) in [4.78, 5) is 26.6. The fourth-order valence-corrected chi connectivity index (χ4v) is 6.00. The van der Waals surface area contributed by atoms with Gasteiger partial charge in [-0.3, -0.25) is 4.52 Å². The van der Waals surface area contributed by atoms with E-state index in [0.29, 0.717) is 0 Å². The molecule has 2 saturated heterocycles. The first-order valence-electron chi connectivity index (χ1n) is 13.3. The molecule has 0 spiro atoms. The number of guanidine groups is 2. The Labute approximate surface area is 250 Å². The minimum absolute atomic E-state index is 0.622. The lowest BCUT2D eigenvalue weighted by Gasteiger charge is -2.46. The van der Waals surface area contributed by atoms with Gasteiger partial charge in [0.15, 0.2) is 24.5 Å². The van der Waals surface area contributed by atoms with Crippen molar-refractivity contribution in [2.75, 3.05) is 20.3 Å². The fraction of sp³-hybridized carbons (Fsp3) is 0.905. The minimum atomic E-state index is -5.37. The normalized spacial score (nSPS) is 44.7. The highest BCUT2D eigenvalue weighted by Gasteiger charge is 2.61. The van der Waals surface area contributed by atoms with E-state index in [1.54, 1.807) is 0 Å². The van der Waals surface area contributed by atoms with Gasteiger partial charge >= 0.3 is 7.82 Å². The molecule has 1 saturated carbocycles. The zero-order valence-corrected chi connectivity index (χ0v) is 24.5. The number of nitrogens with one attached hydrogen (secondary N) is 1. The number of nitrogens with zero attached hydrogens (tertiary/aromatic N) is 2. The summed E-state index contributed by atoms with van der Waals surface area (Å²) >= 11 is 0. The predicted octanol–water partition coefficient (Wildman–Crippen LogP) is -8.25. The highest BCUT2D eigenvalue weighted by atomic mass is 31.2. The van der Waals surface area contributed by atoms with Gasteiger partial charge in [-0.15, -0.1) is 0 Å². The van der Waals surface area contributed by atoms with E-state index in [1.165, 1.54) is 14.0 Å². The Morgan fingerprint density at radius 1 is 0.886 bits per heavy atom. The summed E-state index contributed by atoms with van der Waals surface area (Å²) in [7, 11) is -3.97. The summed E-state index contributed by atoms with van der Waals surface area (Å²) < 4.78 is 39.6. The molecular weight excluding hydrogens is 621 g/mol. The molecule has 1 aliphatic carbocycles. The summed E-state index contributed by atoms with van der Waals surface area (Å²) in [6, 6.07) is -4.56. The molecule has 0 aromatic heterocycles. The highest BCUT2D eigenvalue weighted by Crippen LogP contribution is 2.44. The largest absolute Gasteiger partial charge is 0.470 e. The van der Waals surface area contributed by atoms with Crippen LogP contribution < -0.4 is 28.3 Å². The van der Waals surface area contributed by atoms with E-state index in [2.05, 4.69) is 15.3 Å². The average molecular weight is 664 g/mol. The number of aliphatic imine (C=N–C) groups is 2. The first kappa shape index (κ1) is 36.6. The van der Waals surface area contributed by atoms with E-state index in [0.717, 1.165) is 0 Å². The van der Waals surface area contributed by atoms with Gasteiger partial charge in [0, 0.05) is 0 Å². The Morgan fingerprint density at radius 3 is 1.93 bits per heavy atom. The Morgan fingerprint density at radius 2 is 1.45 bits per heavy atom. The molecule has 0 amide bonds. The van der Waals surface area contributed by atoms with Crippen LogP contribution in [0.25, 0.3) is 0 Å². The zero-order valence-electron chi connectivity index (χ0n) is 23.6. The van der Waals surface area contributed by atoms with E-state index in [4.69, 9.17) is 46.4 Å². The summed E-state index contributed by atoms with van der Waals surface area (Å²) in [5.41, 5.74) is 19.6. The zero-order chi connectivity index (χ0) is 33.3. The molecule has 3 rings (SSSR count). The number of nitrogens with two attached hydrogens (primary N) is 4. The van der Waals surface area contributed by atoms with Crippen LogP contribution >= 0.6 is 7.82 Å². The van der Waals surface area contributed by atoms with Crippen molar-refractivity contribution in [1.82, 2.24) is 5.32 Å². The number of phosphoric ester groups is 1. The number of hydrogen-bond acceptors (Lipinski definition) is 16. The molecule has 22 nitrogen and oxygen atoms in total. The molecule has 3 fully saturated rings. The lowest BCUT2D eigenvalue weighted by Crippen LogP contribution is -2.67. The van der Waals surface area contributed by atoms with Crippen LogP contribution in [0, 0.1) is 0 Å². The molecule has 0 aromatic rings. The molecule has 23 heteroatoms. The van der Waals surface area contributed by atoms with Crippen LogP contribution in [0.4, 0.5) is 0 Å². The van der Waals surface area contributed by atoms with E-state index < -0.39 is 124 Å². The van der Waals surface area contributed by atoms with Crippen LogP contribution in [0.2, 0.25) is 0 Å². The highest BCUT2D eigenvalue weighted by molar-refractivity contribution is 7.46. The number of aliphatic hydroxyl groups excluding tert-OH is 6. The third kappa shape index (κ3) is 7.58. The van der Waals surface area contributed by atoms with Gasteiger partial charge in [-0.05, 0) is 14.0 Å². The van der Waals surface area contributed by atoms with E-state index >= 15 is 0 Å². The Balaban J connectivity index is 2.04. The molecular formula is C21H42N7O15P. The molecule has 0 bridgehead atoms. The van der Waals surface area contributed by atoms with Gasteiger partial charge in [0.2, 0.25) is 0 Å². The molecule has 44 heavy (non-hydrogen) atoms. The van der Waals surface area contributed by atoms with Crippen molar-refractivity contribution in [2.45, 2.75) is 98.2 Å². The van der Waals surface area contributed by atoms with Gasteiger partial charge < -0.3 is 92.7 Å². The minimum Gasteiger partial charge on any atom is -0.394 e. The summed E-state index contributed by atoms with van der Waals surface area (Å²) in [6.45, 7) is -0.398. The maximum Gasteiger partial charge on any atom is 0.470 e. The molecule has 2 aliphatic heterocycles. The molecule has 256 valence electrons. The summed E-state index contributed by atoms with van der Waals surface area (Å²) in [5.74, 6) is -1.28. The molecule has 0 unspecified atom stereocenters. The molecule has 2 heterocycles. The van der Waals surface area contributed by atoms with Crippen LogP contribution in [0.5, 0.6) is 0 Å². The smallest absolute Gasteiger partial charge is 0.394 e. The number of hydrogen-bond donors (Lipinski definition) is 14. The van der Waals surface area contributed by atoms with E-state index in [9.17, 15) is 50.1 Å². The third-order valence-corrected chi connectivity index (χ3v) is 8.24. The number of phosphoric acid groups is 1. The van der Waals surface area contributed by atoms with Crippen LogP contribution in [0.1, 0.15) is 6.92 Å². The van der Waals surface area contributed by atoms with Crippen molar-refractivity contribution in [3.8, 4) is 0 Å². The van der Waals surface area contributed by atoms with Crippen molar-refractivity contribution in [1.29, 1.82) is 0 Å². The molecule has 0 aromatic carbocycles. The second kappa shape index (κ2) is 14.3. The van der Waals surface area contributed by atoms with Gasteiger partial charge in [-0.25, -0.2) is 14.5 Å². The Hall–Kier alpha value is -1.83. The standard InChI is InChI=1S/C21H42N7O15P/c1-5-21(35,4-30)16(42-17-9(26-2)12(33)10(31)6(3-29)40-17)18(39-5)41-14-7(27-19(22)23)11(32)8(28-20(24)25)15(13(14)34)43-44(36,37)38/h5-18,26,29-35H,3-4H2,1-2H3,(H4,22,23,27)(H4,24,25,28)(H2,36,37,38)/t5-,6-,7-,8+,9-,10-,11-,12-,13-,14+,15-,16-,17-,18-,21+/m0/s1. The van der Waals surface area contributed by atoms with Crippen LogP contribution in [0.15, 0.2) is 9.98 Å². The summed E-state index contributed by atoms with van der Waals surface area (Å²) in [6.07, 6.45) is -18.6. The average Bonchev–Trinajstić information content (AvgIpc) is 3.16. The fourth-order valence-electron chi connectivity index (χ4n) is 5.44. The van der Waals surface area contributed by atoms with Gasteiger partial charge in [0.05, 0.1) is 25.4 Å². The maximum atomic E-state index is 11.8. The third-order valence-electron chi connectivity index (χ3n) is 7.72. The van der Waals surface area contributed by atoms with Gasteiger partial charge in [0.25, 0.3) is 0 Å². The predicted molar refractivity (Wildman–Crippen MR) is 145 cm³/mol. The van der Waals surface area contributed by atoms with Crippen LogP contribution in [-0.2, 0) is 28.0 Å². The topological polar surface area (TPSA) is 386 Å². The number of likely N-dealkylation sites (N-methyl/N-ethyl adjacent to an activating group) is 1. The monoisotopic (exact) mass is 663 g/mol. The van der Waals surface area contributed by atoms with Crippen molar-refractivity contribution in [2.24, 2.45) is 32.9 Å². The van der Waals surface area contributed by atoms with Gasteiger partial charge in [0.1, 0.15) is 66.5 Å². The van der Waals surface area contributed by atoms with E-state index in [1.807, 2.05) is 0 Å². The first-order chi connectivity index (χ1) is 20.4. The molecule has 0 radical (unpaired) electrons. The van der Waals surface area contributed by atoms with Crippen LogP contribution in [0.3, 0.4) is 0 Å². The van der Waals surface area contributed by atoms with Crippen molar-refractivity contribution >= 4 is 19.7 Å². The second-order valence-corrected chi connectivity index (χ2v) is 11.8. The number of ether oxygens (including phenoxy) is 4. The molecule has 3 aliphatic rings. The van der Waals surface area contributed by atoms with Gasteiger partial charge in [-0.1, -0.05) is 0 Å². The molecule has 15 atom stereocenters. The number of rotatable bonds is 11. The Bertz CT molecular complexity index is 1080. The van der Waals surface area contributed by atoms with Crippen LogP contribution in [-0.4, -0.2) is 169 Å². The van der Waals surface area contributed by atoms with E-state index in [-0.39, 0.29) is 0 Å². The maximum absolute atomic E-state index is 11.8. The number of aliphatic hydroxyl groups is 7. The lowest BCUT2D eigenvalue weighted by molar-refractivity contribution is -0.317.